The molecule has 0 aliphatic rings. The molecule has 0 saturated carbocycles. The Balaban J connectivity index is 2.17. The lowest BCUT2D eigenvalue weighted by atomic mass is 10.2. The predicted molar refractivity (Wildman–Crippen MR) is 81.9 cm³/mol. The zero-order valence-electron chi connectivity index (χ0n) is 11.4. The van der Waals surface area contributed by atoms with Crippen molar-refractivity contribution in [1.29, 1.82) is 0 Å². The van der Waals surface area contributed by atoms with Gasteiger partial charge in [0.25, 0.3) is 5.69 Å². The van der Waals surface area contributed by atoms with Crippen LogP contribution in [-0.2, 0) is 0 Å². The number of rotatable bonds is 3. The van der Waals surface area contributed by atoms with Gasteiger partial charge in [-0.1, -0.05) is 17.7 Å². The van der Waals surface area contributed by atoms with E-state index in [0.717, 1.165) is 23.8 Å². The highest BCUT2D eigenvalue weighted by Crippen LogP contribution is 2.23. The van der Waals surface area contributed by atoms with Crippen molar-refractivity contribution < 1.29 is 14.1 Å². The first kappa shape index (κ1) is 15.7. The number of aryl methyl sites for hydroxylation is 1. The number of nitrogens with one attached hydrogen (secondary N) is 2. The van der Waals surface area contributed by atoms with Gasteiger partial charge in [0, 0.05) is 22.8 Å². The fourth-order valence-electron chi connectivity index (χ4n) is 1.73. The molecular formula is C14H11ClFN3O3. The molecule has 2 amide bonds. The number of carbonyl (C=O) groups is 1. The number of anilines is 2. The minimum Gasteiger partial charge on any atom is -0.307 e. The van der Waals surface area contributed by atoms with Crippen molar-refractivity contribution in [2.45, 2.75) is 6.92 Å². The molecule has 0 unspecified atom stereocenters. The highest BCUT2D eigenvalue weighted by Gasteiger charge is 2.13. The zero-order chi connectivity index (χ0) is 16.3. The van der Waals surface area contributed by atoms with Crippen LogP contribution in [0.1, 0.15) is 5.56 Å². The van der Waals surface area contributed by atoms with Gasteiger partial charge in [-0.3, -0.25) is 10.1 Å². The van der Waals surface area contributed by atoms with Crippen LogP contribution >= 0.6 is 11.6 Å². The van der Waals surface area contributed by atoms with Gasteiger partial charge in [-0.05, 0) is 30.7 Å². The number of non-ortho nitro benzene ring substituents is 1. The van der Waals surface area contributed by atoms with E-state index in [1.807, 2.05) is 0 Å². The molecule has 0 fully saturated rings. The minimum atomic E-state index is -0.774. The molecular weight excluding hydrogens is 313 g/mol. The van der Waals surface area contributed by atoms with E-state index in [4.69, 9.17) is 11.6 Å². The van der Waals surface area contributed by atoms with Crippen LogP contribution in [0.3, 0.4) is 0 Å². The third kappa shape index (κ3) is 3.70. The standard InChI is InChI=1S/C14H11ClFN3O3/c1-8-2-3-9(15)6-12(8)17-14(20)18-13-7-10(19(21)22)4-5-11(13)16/h2-7H,1H3,(H2,17,18,20). The Bertz CT molecular complexity index is 752. The maximum atomic E-state index is 13.6. The average Bonchev–Trinajstić information content (AvgIpc) is 2.45. The van der Waals surface area contributed by atoms with E-state index in [1.165, 1.54) is 0 Å². The molecule has 2 rings (SSSR count). The van der Waals surface area contributed by atoms with Crippen molar-refractivity contribution in [3.8, 4) is 0 Å². The molecule has 0 heterocycles. The summed E-state index contributed by atoms with van der Waals surface area (Å²) in [4.78, 5) is 21.9. The Morgan fingerprint density at radius 3 is 2.55 bits per heavy atom. The summed E-state index contributed by atoms with van der Waals surface area (Å²) in [5.41, 5.74) is 0.608. The number of nitro benzene ring substituents is 1. The van der Waals surface area contributed by atoms with Gasteiger partial charge in [-0.2, -0.15) is 0 Å². The first-order chi connectivity index (χ1) is 10.4. The second kappa shape index (κ2) is 6.40. The molecule has 22 heavy (non-hydrogen) atoms. The number of amides is 2. The van der Waals surface area contributed by atoms with Crippen molar-refractivity contribution in [3.63, 3.8) is 0 Å². The number of nitro groups is 1. The van der Waals surface area contributed by atoms with Crippen LogP contribution in [0.15, 0.2) is 36.4 Å². The lowest BCUT2D eigenvalue weighted by Gasteiger charge is -2.10. The summed E-state index contributed by atoms with van der Waals surface area (Å²) in [5, 5.41) is 15.8. The summed E-state index contributed by atoms with van der Waals surface area (Å²) < 4.78 is 13.6. The van der Waals surface area contributed by atoms with Gasteiger partial charge in [-0.25, -0.2) is 9.18 Å². The van der Waals surface area contributed by atoms with Gasteiger partial charge in [0.05, 0.1) is 10.6 Å². The van der Waals surface area contributed by atoms with Gasteiger partial charge in [0.1, 0.15) is 5.82 Å². The molecule has 0 aliphatic heterocycles. The topological polar surface area (TPSA) is 84.3 Å². The van der Waals surface area contributed by atoms with Crippen LogP contribution < -0.4 is 10.6 Å². The molecule has 0 saturated heterocycles. The summed E-state index contributed by atoms with van der Waals surface area (Å²) in [6.45, 7) is 1.76. The van der Waals surface area contributed by atoms with E-state index in [9.17, 15) is 19.3 Å². The Morgan fingerprint density at radius 2 is 1.86 bits per heavy atom. The maximum absolute atomic E-state index is 13.6. The zero-order valence-corrected chi connectivity index (χ0v) is 12.1. The molecule has 0 aromatic heterocycles. The number of benzene rings is 2. The normalized spacial score (nSPS) is 10.1. The second-order valence-corrected chi connectivity index (χ2v) is 4.90. The first-order valence-corrected chi connectivity index (χ1v) is 6.52. The van der Waals surface area contributed by atoms with E-state index in [2.05, 4.69) is 10.6 Å². The smallest absolute Gasteiger partial charge is 0.307 e. The maximum Gasteiger partial charge on any atom is 0.323 e. The Kier molecular flexibility index (Phi) is 4.57. The van der Waals surface area contributed by atoms with Gasteiger partial charge in [-0.15, -0.1) is 0 Å². The summed E-state index contributed by atoms with van der Waals surface area (Å²) in [7, 11) is 0. The van der Waals surface area contributed by atoms with Gasteiger partial charge >= 0.3 is 6.03 Å². The number of carbonyl (C=O) groups excluding carboxylic acids is 1. The van der Waals surface area contributed by atoms with Crippen LogP contribution in [-0.4, -0.2) is 11.0 Å². The van der Waals surface area contributed by atoms with Crippen LogP contribution in [0.4, 0.5) is 26.2 Å². The Labute approximate surface area is 130 Å². The molecule has 0 radical (unpaired) electrons. The highest BCUT2D eigenvalue weighted by atomic mass is 35.5. The third-order valence-electron chi connectivity index (χ3n) is 2.86. The average molecular weight is 324 g/mol. The predicted octanol–water partition coefficient (Wildman–Crippen LogP) is 4.34. The van der Waals surface area contributed by atoms with Crippen molar-refractivity contribution >= 4 is 34.7 Å². The van der Waals surface area contributed by atoms with Gasteiger partial charge < -0.3 is 10.6 Å². The van der Waals surface area contributed by atoms with Crippen LogP contribution in [0, 0.1) is 22.9 Å². The van der Waals surface area contributed by atoms with E-state index >= 15 is 0 Å². The Morgan fingerprint density at radius 1 is 1.18 bits per heavy atom. The molecule has 2 N–H and O–H groups in total. The molecule has 114 valence electrons. The van der Waals surface area contributed by atoms with E-state index in [-0.39, 0.29) is 11.4 Å². The SMILES string of the molecule is Cc1ccc(Cl)cc1NC(=O)Nc1cc([N+](=O)[O-])ccc1F. The Hall–Kier alpha value is -2.67. The number of hydrogen-bond acceptors (Lipinski definition) is 3. The number of urea groups is 1. The van der Waals surface area contributed by atoms with Crippen molar-refractivity contribution in [3.05, 3.63) is 62.9 Å². The quantitative estimate of drug-likeness (QED) is 0.651. The first-order valence-electron chi connectivity index (χ1n) is 6.15. The third-order valence-corrected chi connectivity index (χ3v) is 3.09. The van der Waals surface area contributed by atoms with Crippen LogP contribution in [0.25, 0.3) is 0 Å². The molecule has 2 aromatic carbocycles. The molecule has 2 aromatic rings. The summed E-state index contributed by atoms with van der Waals surface area (Å²) >= 11 is 5.83. The summed E-state index contributed by atoms with van der Waals surface area (Å²) in [5.74, 6) is -0.774. The van der Waals surface area contributed by atoms with Gasteiger partial charge in [0.2, 0.25) is 0 Å². The fourth-order valence-corrected chi connectivity index (χ4v) is 1.90. The summed E-state index contributed by atoms with van der Waals surface area (Å²) in [6.07, 6.45) is 0. The van der Waals surface area contributed by atoms with Crippen LogP contribution in [0.2, 0.25) is 5.02 Å². The van der Waals surface area contributed by atoms with E-state index < -0.39 is 16.8 Å². The molecule has 8 heteroatoms. The number of halogens is 2. The number of nitrogens with zero attached hydrogens (tertiary/aromatic N) is 1. The lowest BCUT2D eigenvalue weighted by molar-refractivity contribution is -0.384. The molecule has 0 aliphatic carbocycles. The monoisotopic (exact) mass is 323 g/mol. The lowest BCUT2D eigenvalue weighted by Crippen LogP contribution is -2.20. The van der Waals surface area contributed by atoms with Gasteiger partial charge in [0.15, 0.2) is 0 Å². The minimum absolute atomic E-state index is 0.286. The highest BCUT2D eigenvalue weighted by molar-refractivity contribution is 6.31. The summed E-state index contributed by atoms with van der Waals surface area (Å²) in [6, 6.07) is 7.06. The van der Waals surface area contributed by atoms with Crippen LogP contribution in [0.5, 0.6) is 0 Å². The number of hydrogen-bond donors (Lipinski definition) is 2. The van der Waals surface area contributed by atoms with Crippen molar-refractivity contribution in [2.24, 2.45) is 0 Å². The molecule has 0 atom stereocenters. The fraction of sp³-hybridized carbons (Fsp3) is 0.0714. The molecule has 0 bridgehead atoms. The van der Waals surface area contributed by atoms with E-state index in [1.54, 1.807) is 25.1 Å². The molecule has 6 nitrogen and oxygen atoms in total. The van der Waals surface area contributed by atoms with Crippen molar-refractivity contribution in [1.82, 2.24) is 0 Å². The second-order valence-electron chi connectivity index (χ2n) is 4.46. The molecule has 0 spiro atoms. The largest absolute Gasteiger partial charge is 0.323 e. The van der Waals surface area contributed by atoms with E-state index in [0.29, 0.717) is 10.7 Å². The van der Waals surface area contributed by atoms with Crippen molar-refractivity contribution in [2.75, 3.05) is 10.6 Å².